The third-order valence-electron chi connectivity index (χ3n) is 2.97. The van der Waals surface area contributed by atoms with Gasteiger partial charge in [-0.15, -0.1) is 0 Å². The molecule has 0 aliphatic heterocycles. The van der Waals surface area contributed by atoms with Crippen LogP contribution in [0.1, 0.15) is 18.2 Å². The van der Waals surface area contributed by atoms with Crippen molar-refractivity contribution in [3.8, 4) is 0 Å². The molecule has 2 rings (SSSR count). The first-order valence-corrected chi connectivity index (χ1v) is 6.21. The van der Waals surface area contributed by atoms with Gasteiger partial charge in [-0.25, -0.2) is 4.39 Å². The largest absolute Gasteiger partial charge is 0.373 e. The highest BCUT2D eigenvalue weighted by molar-refractivity contribution is 5.62. The van der Waals surface area contributed by atoms with Crippen molar-refractivity contribution in [3.05, 3.63) is 51.6 Å². The summed E-state index contributed by atoms with van der Waals surface area (Å²) >= 11 is 0. The van der Waals surface area contributed by atoms with E-state index in [0.29, 0.717) is 6.54 Å². The molecule has 6 nitrogen and oxygen atoms in total. The highest BCUT2D eigenvalue weighted by Crippen LogP contribution is 2.27. The highest BCUT2D eigenvalue weighted by atomic mass is 19.1. The number of nitrogens with one attached hydrogen (secondary N) is 1. The zero-order valence-corrected chi connectivity index (χ0v) is 11.3. The van der Waals surface area contributed by atoms with Crippen LogP contribution in [0.4, 0.5) is 15.8 Å². The second-order valence-electron chi connectivity index (χ2n) is 4.37. The monoisotopic (exact) mass is 278 g/mol. The van der Waals surface area contributed by atoms with E-state index in [4.69, 9.17) is 0 Å². The molecule has 0 saturated heterocycles. The van der Waals surface area contributed by atoms with E-state index in [0.717, 1.165) is 17.7 Å². The lowest BCUT2D eigenvalue weighted by molar-refractivity contribution is -0.384. The number of benzene rings is 1. The van der Waals surface area contributed by atoms with E-state index in [9.17, 15) is 14.5 Å². The maximum Gasteiger partial charge on any atom is 0.295 e. The van der Waals surface area contributed by atoms with Gasteiger partial charge in [-0.3, -0.25) is 14.8 Å². The van der Waals surface area contributed by atoms with Crippen LogP contribution >= 0.6 is 0 Å². The van der Waals surface area contributed by atoms with Crippen molar-refractivity contribution in [1.82, 2.24) is 9.78 Å². The van der Waals surface area contributed by atoms with Crippen LogP contribution in [0.2, 0.25) is 0 Å². The Kier molecular flexibility index (Phi) is 3.97. The Balaban J connectivity index is 2.24. The molecule has 0 saturated carbocycles. The van der Waals surface area contributed by atoms with Gasteiger partial charge in [0.25, 0.3) is 5.69 Å². The number of anilines is 1. The van der Waals surface area contributed by atoms with Gasteiger partial charge in [0.15, 0.2) is 5.82 Å². The van der Waals surface area contributed by atoms with Crippen LogP contribution in [-0.2, 0) is 20.0 Å². The molecule has 1 aromatic heterocycles. The average molecular weight is 278 g/mol. The van der Waals surface area contributed by atoms with Gasteiger partial charge < -0.3 is 5.32 Å². The van der Waals surface area contributed by atoms with Crippen molar-refractivity contribution < 1.29 is 9.31 Å². The molecular formula is C13H15FN4O2. The van der Waals surface area contributed by atoms with Crippen LogP contribution < -0.4 is 5.32 Å². The molecule has 0 unspecified atom stereocenters. The van der Waals surface area contributed by atoms with Crippen molar-refractivity contribution in [3.63, 3.8) is 0 Å². The number of aromatic nitrogens is 2. The molecule has 0 aliphatic carbocycles. The SMILES string of the molecule is CCc1nn(C)cc1CNc1c(F)cccc1[N+](=O)[O-]. The van der Waals surface area contributed by atoms with E-state index in [1.54, 1.807) is 11.7 Å². The number of rotatable bonds is 5. The zero-order chi connectivity index (χ0) is 14.7. The van der Waals surface area contributed by atoms with E-state index in [-0.39, 0.29) is 11.4 Å². The van der Waals surface area contributed by atoms with Gasteiger partial charge in [0.05, 0.1) is 10.6 Å². The predicted molar refractivity (Wildman–Crippen MR) is 73.0 cm³/mol. The van der Waals surface area contributed by atoms with Gasteiger partial charge in [0, 0.05) is 31.4 Å². The molecular weight excluding hydrogens is 263 g/mol. The second-order valence-corrected chi connectivity index (χ2v) is 4.37. The molecule has 1 N–H and O–H groups in total. The van der Waals surface area contributed by atoms with Crippen LogP contribution in [-0.4, -0.2) is 14.7 Å². The van der Waals surface area contributed by atoms with Gasteiger partial charge >= 0.3 is 0 Å². The third kappa shape index (κ3) is 2.76. The summed E-state index contributed by atoms with van der Waals surface area (Å²) in [6.45, 7) is 2.26. The van der Waals surface area contributed by atoms with Crippen molar-refractivity contribution in [1.29, 1.82) is 0 Å². The summed E-state index contributed by atoms with van der Waals surface area (Å²) in [5.74, 6) is -0.638. The van der Waals surface area contributed by atoms with E-state index < -0.39 is 10.7 Å². The van der Waals surface area contributed by atoms with E-state index in [2.05, 4.69) is 10.4 Å². The maximum atomic E-state index is 13.7. The predicted octanol–water partition coefficient (Wildman–Crippen LogP) is 2.64. The highest BCUT2D eigenvalue weighted by Gasteiger charge is 2.18. The second kappa shape index (κ2) is 5.68. The number of halogens is 1. The molecule has 7 heteroatoms. The Labute approximate surface area is 115 Å². The number of nitro groups is 1. The van der Waals surface area contributed by atoms with Gasteiger partial charge in [0.1, 0.15) is 5.69 Å². The molecule has 20 heavy (non-hydrogen) atoms. The summed E-state index contributed by atoms with van der Waals surface area (Å²) in [5.41, 5.74) is 1.42. The molecule has 106 valence electrons. The Bertz CT molecular complexity index is 639. The number of nitro benzene ring substituents is 1. The fraction of sp³-hybridized carbons (Fsp3) is 0.308. The Hall–Kier alpha value is -2.44. The van der Waals surface area contributed by atoms with Gasteiger partial charge in [-0.1, -0.05) is 13.0 Å². The summed E-state index contributed by atoms with van der Waals surface area (Å²) in [6.07, 6.45) is 2.57. The first-order chi connectivity index (χ1) is 9.52. The third-order valence-corrected chi connectivity index (χ3v) is 2.97. The van der Waals surface area contributed by atoms with Crippen molar-refractivity contribution in [2.75, 3.05) is 5.32 Å². The number of hydrogen-bond donors (Lipinski definition) is 1. The summed E-state index contributed by atoms with van der Waals surface area (Å²) in [7, 11) is 1.80. The number of hydrogen-bond acceptors (Lipinski definition) is 4. The molecule has 0 amide bonds. The standard InChI is InChI=1S/C13H15FN4O2/c1-3-11-9(8-17(2)16-11)7-15-13-10(14)5-4-6-12(13)18(19)20/h4-6,8,15H,3,7H2,1-2H3. The van der Waals surface area contributed by atoms with E-state index in [1.807, 2.05) is 13.1 Å². The zero-order valence-electron chi connectivity index (χ0n) is 11.3. The van der Waals surface area contributed by atoms with E-state index >= 15 is 0 Å². The molecule has 0 atom stereocenters. The van der Waals surface area contributed by atoms with Gasteiger partial charge in [0.2, 0.25) is 0 Å². The molecule has 1 heterocycles. The van der Waals surface area contributed by atoms with Crippen molar-refractivity contribution >= 4 is 11.4 Å². The van der Waals surface area contributed by atoms with Crippen LogP contribution in [0.15, 0.2) is 24.4 Å². The first-order valence-electron chi connectivity index (χ1n) is 6.21. The Morgan fingerprint density at radius 3 is 2.90 bits per heavy atom. The summed E-state index contributed by atoms with van der Waals surface area (Å²) in [4.78, 5) is 10.3. The summed E-state index contributed by atoms with van der Waals surface area (Å²) < 4.78 is 15.4. The number of para-hydroxylation sites is 1. The van der Waals surface area contributed by atoms with Gasteiger partial charge in [-0.2, -0.15) is 5.10 Å². The molecule has 1 aromatic carbocycles. The van der Waals surface area contributed by atoms with E-state index in [1.165, 1.54) is 18.2 Å². The smallest absolute Gasteiger partial charge is 0.295 e. The lowest BCUT2D eigenvalue weighted by atomic mass is 10.2. The van der Waals surface area contributed by atoms with Crippen LogP contribution in [0.3, 0.4) is 0 Å². The minimum atomic E-state index is -0.638. The average Bonchev–Trinajstić information content (AvgIpc) is 2.77. The Morgan fingerprint density at radius 1 is 1.50 bits per heavy atom. The summed E-state index contributed by atoms with van der Waals surface area (Å²) in [6, 6.07) is 3.79. The first kappa shape index (κ1) is 14.0. The molecule has 0 bridgehead atoms. The van der Waals surface area contributed by atoms with Crippen molar-refractivity contribution in [2.24, 2.45) is 7.05 Å². The molecule has 0 aliphatic rings. The minimum Gasteiger partial charge on any atom is -0.373 e. The number of nitrogens with zero attached hydrogens (tertiary/aromatic N) is 3. The fourth-order valence-electron chi connectivity index (χ4n) is 2.05. The molecule has 0 radical (unpaired) electrons. The van der Waals surface area contributed by atoms with Crippen LogP contribution in [0.25, 0.3) is 0 Å². The normalized spacial score (nSPS) is 10.6. The van der Waals surface area contributed by atoms with Crippen LogP contribution in [0.5, 0.6) is 0 Å². The molecule has 0 fully saturated rings. The fourth-order valence-corrected chi connectivity index (χ4v) is 2.05. The number of aryl methyl sites for hydroxylation is 2. The van der Waals surface area contributed by atoms with Crippen LogP contribution in [0, 0.1) is 15.9 Å². The lowest BCUT2D eigenvalue weighted by Crippen LogP contribution is -2.05. The van der Waals surface area contributed by atoms with Crippen molar-refractivity contribution in [2.45, 2.75) is 19.9 Å². The summed E-state index contributed by atoms with van der Waals surface area (Å²) in [5, 5.41) is 18.0. The Morgan fingerprint density at radius 2 is 2.25 bits per heavy atom. The van der Waals surface area contributed by atoms with Gasteiger partial charge in [-0.05, 0) is 12.5 Å². The minimum absolute atomic E-state index is 0.0941. The topological polar surface area (TPSA) is 73.0 Å². The maximum absolute atomic E-state index is 13.7. The molecule has 0 spiro atoms. The lowest BCUT2D eigenvalue weighted by Gasteiger charge is -2.07. The molecule has 2 aromatic rings. The quantitative estimate of drug-likeness (QED) is 0.674.